The molecule has 0 amide bonds. The Morgan fingerprint density at radius 2 is 1.83 bits per heavy atom. The number of methoxy groups -OCH3 is 1. The second kappa shape index (κ2) is 8.57. The smallest absolute Gasteiger partial charge is 0.394 e. The van der Waals surface area contributed by atoms with Crippen LogP contribution in [0.2, 0.25) is 0 Å². The standard InChI is InChI=1S/C18H20N2O4/c1-13-5-3-4-6-16(13)23-12-18(21)24-20-17(19)11-14-7-9-15(22-2)10-8-14/h3-10H,11-12H2,1-2H3,(H2,19,20)/p+1. The highest BCUT2D eigenvalue weighted by molar-refractivity contribution is 5.77. The van der Waals surface area contributed by atoms with Gasteiger partial charge >= 0.3 is 5.97 Å². The van der Waals surface area contributed by atoms with Gasteiger partial charge in [0, 0.05) is 0 Å². The summed E-state index contributed by atoms with van der Waals surface area (Å²) in [5.41, 5.74) is 7.73. The zero-order valence-corrected chi connectivity index (χ0v) is 13.7. The van der Waals surface area contributed by atoms with E-state index in [2.05, 4.69) is 5.16 Å². The first kappa shape index (κ1) is 17.3. The molecule has 0 aliphatic carbocycles. The van der Waals surface area contributed by atoms with Crippen LogP contribution in [0.3, 0.4) is 0 Å². The average molecular weight is 329 g/mol. The number of carbonyl (C=O) groups excluding carboxylic acids is 1. The van der Waals surface area contributed by atoms with Crippen LogP contribution in [0.15, 0.2) is 48.5 Å². The van der Waals surface area contributed by atoms with E-state index in [1.165, 1.54) is 0 Å². The fourth-order valence-electron chi connectivity index (χ4n) is 2.01. The van der Waals surface area contributed by atoms with Crippen LogP contribution in [-0.4, -0.2) is 25.5 Å². The van der Waals surface area contributed by atoms with Crippen molar-refractivity contribution in [2.24, 2.45) is 5.73 Å². The molecule has 24 heavy (non-hydrogen) atoms. The van der Waals surface area contributed by atoms with Gasteiger partial charge in [0.25, 0.3) is 5.84 Å². The largest absolute Gasteiger partial charge is 0.497 e. The number of carbonyl (C=O) groups is 1. The Balaban J connectivity index is 1.80. The molecule has 0 saturated carbocycles. The van der Waals surface area contributed by atoms with Gasteiger partial charge in [0.1, 0.15) is 11.5 Å². The number of para-hydroxylation sites is 1. The lowest BCUT2D eigenvalue weighted by Crippen LogP contribution is -2.76. The molecule has 0 unspecified atom stereocenters. The second-order valence-corrected chi connectivity index (χ2v) is 5.18. The van der Waals surface area contributed by atoms with E-state index in [-0.39, 0.29) is 6.61 Å². The van der Waals surface area contributed by atoms with Gasteiger partial charge in [-0.2, -0.15) is 0 Å². The van der Waals surface area contributed by atoms with Crippen molar-refractivity contribution in [3.05, 3.63) is 59.7 Å². The second-order valence-electron chi connectivity index (χ2n) is 5.18. The Bertz CT molecular complexity index is 711. The van der Waals surface area contributed by atoms with Gasteiger partial charge in [-0.3, -0.25) is 10.6 Å². The fourth-order valence-corrected chi connectivity index (χ4v) is 2.01. The van der Waals surface area contributed by atoms with Gasteiger partial charge in [-0.1, -0.05) is 35.5 Å². The van der Waals surface area contributed by atoms with Crippen molar-refractivity contribution in [2.75, 3.05) is 13.7 Å². The van der Waals surface area contributed by atoms with Crippen LogP contribution in [0.4, 0.5) is 0 Å². The molecule has 6 heteroatoms. The van der Waals surface area contributed by atoms with Crippen molar-refractivity contribution < 1.29 is 24.3 Å². The summed E-state index contributed by atoms with van der Waals surface area (Å²) in [7, 11) is 1.61. The number of ether oxygens (including phenoxy) is 2. The predicted molar refractivity (Wildman–Crippen MR) is 89.6 cm³/mol. The summed E-state index contributed by atoms with van der Waals surface area (Å²) >= 11 is 0. The third-order valence-corrected chi connectivity index (χ3v) is 3.29. The Morgan fingerprint density at radius 3 is 2.50 bits per heavy atom. The highest BCUT2D eigenvalue weighted by Gasteiger charge is 2.09. The van der Waals surface area contributed by atoms with E-state index in [1.807, 2.05) is 49.4 Å². The third kappa shape index (κ3) is 5.31. The average Bonchev–Trinajstić information content (AvgIpc) is 2.60. The van der Waals surface area contributed by atoms with Gasteiger partial charge in [0.15, 0.2) is 6.61 Å². The highest BCUT2D eigenvalue weighted by Crippen LogP contribution is 2.15. The first-order valence-corrected chi connectivity index (χ1v) is 7.47. The van der Waals surface area contributed by atoms with Crippen molar-refractivity contribution in [1.29, 1.82) is 0 Å². The van der Waals surface area contributed by atoms with Crippen LogP contribution in [0, 0.1) is 6.92 Å². The lowest BCUT2D eigenvalue weighted by Gasteiger charge is -2.06. The lowest BCUT2D eigenvalue weighted by molar-refractivity contribution is -0.725. The molecule has 0 spiro atoms. The topological polar surface area (TPSA) is 84.8 Å². The number of nitrogens with two attached hydrogens (primary N) is 1. The van der Waals surface area contributed by atoms with E-state index < -0.39 is 5.97 Å². The molecule has 0 aliphatic heterocycles. The summed E-state index contributed by atoms with van der Waals surface area (Å²) in [4.78, 5) is 16.6. The molecule has 0 heterocycles. The number of rotatable bonds is 7. The molecule has 6 nitrogen and oxygen atoms in total. The van der Waals surface area contributed by atoms with E-state index in [1.54, 1.807) is 13.2 Å². The molecule has 0 aliphatic rings. The molecule has 3 N–H and O–H groups in total. The molecule has 0 radical (unpaired) electrons. The maximum absolute atomic E-state index is 11.7. The van der Waals surface area contributed by atoms with Crippen LogP contribution >= 0.6 is 0 Å². The highest BCUT2D eigenvalue weighted by atomic mass is 16.7. The number of aryl methyl sites for hydroxylation is 1. The lowest BCUT2D eigenvalue weighted by atomic mass is 10.1. The number of benzene rings is 2. The summed E-state index contributed by atoms with van der Waals surface area (Å²) in [6.45, 7) is 1.70. The molecule has 2 rings (SSSR count). The van der Waals surface area contributed by atoms with Crippen molar-refractivity contribution >= 4 is 11.8 Å². The summed E-state index contributed by atoms with van der Waals surface area (Å²) in [5, 5.41) is 2.44. The van der Waals surface area contributed by atoms with E-state index in [9.17, 15) is 4.79 Å². The zero-order chi connectivity index (χ0) is 17.4. The van der Waals surface area contributed by atoms with Gasteiger partial charge in [-0.05, 0) is 36.2 Å². The quantitative estimate of drug-likeness (QED) is 0.335. The first-order chi connectivity index (χ1) is 11.6. The third-order valence-electron chi connectivity index (χ3n) is 3.29. The van der Waals surface area contributed by atoms with E-state index in [0.29, 0.717) is 18.0 Å². The van der Waals surface area contributed by atoms with Crippen LogP contribution < -0.4 is 20.4 Å². The molecule has 2 aromatic carbocycles. The normalized spacial score (nSPS) is 11.0. The van der Waals surface area contributed by atoms with Gasteiger partial charge < -0.3 is 9.47 Å². The fraction of sp³-hybridized carbons (Fsp3) is 0.222. The van der Waals surface area contributed by atoms with E-state index >= 15 is 0 Å². The minimum Gasteiger partial charge on any atom is -0.497 e. The summed E-state index contributed by atoms with van der Waals surface area (Å²) in [6.07, 6.45) is 0.427. The van der Waals surface area contributed by atoms with Gasteiger partial charge in [-0.15, -0.1) is 0 Å². The van der Waals surface area contributed by atoms with Crippen LogP contribution in [0.5, 0.6) is 11.5 Å². The molecular formula is C18H21N2O4+. The van der Waals surface area contributed by atoms with Crippen molar-refractivity contribution in [2.45, 2.75) is 13.3 Å². The molecule has 0 aromatic heterocycles. The molecule has 0 fully saturated rings. The monoisotopic (exact) mass is 329 g/mol. The minimum atomic E-state index is -0.559. The molecule has 0 atom stereocenters. The summed E-state index contributed by atoms with van der Waals surface area (Å²) < 4.78 is 10.5. The van der Waals surface area contributed by atoms with E-state index in [4.69, 9.17) is 20.0 Å². The number of hydrogen-bond donors (Lipinski definition) is 2. The Kier molecular flexibility index (Phi) is 6.19. The maximum Gasteiger partial charge on any atom is 0.394 e. The molecular weight excluding hydrogens is 308 g/mol. The van der Waals surface area contributed by atoms with Crippen LogP contribution in [-0.2, 0) is 16.1 Å². The van der Waals surface area contributed by atoms with Gasteiger partial charge in [0.2, 0.25) is 0 Å². The number of hydrogen-bond acceptors (Lipinski definition) is 4. The Hall–Kier alpha value is -3.02. The summed E-state index contributed by atoms with van der Waals surface area (Å²) in [6, 6.07) is 14.9. The minimum absolute atomic E-state index is 0.201. The van der Waals surface area contributed by atoms with Crippen LogP contribution in [0.1, 0.15) is 11.1 Å². The van der Waals surface area contributed by atoms with Crippen molar-refractivity contribution in [1.82, 2.24) is 0 Å². The maximum atomic E-state index is 11.7. The van der Waals surface area contributed by atoms with Crippen molar-refractivity contribution in [3.8, 4) is 11.5 Å². The number of nitrogens with one attached hydrogen (secondary N) is 1. The molecule has 0 saturated heterocycles. The van der Waals surface area contributed by atoms with Gasteiger partial charge in [-0.25, -0.2) is 4.79 Å². The number of amidine groups is 1. The first-order valence-electron chi connectivity index (χ1n) is 7.47. The van der Waals surface area contributed by atoms with Crippen LogP contribution in [0.25, 0.3) is 0 Å². The molecule has 126 valence electrons. The Labute approximate surface area is 140 Å². The van der Waals surface area contributed by atoms with Crippen molar-refractivity contribution in [3.63, 3.8) is 0 Å². The van der Waals surface area contributed by atoms with Gasteiger partial charge in [0.05, 0.1) is 13.5 Å². The Morgan fingerprint density at radius 1 is 1.12 bits per heavy atom. The molecule has 2 aromatic rings. The summed E-state index contributed by atoms with van der Waals surface area (Å²) in [5.74, 6) is 1.18. The zero-order valence-electron chi connectivity index (χ0n) is 13.7. The molecule has 0 bridgehead atoms. The predicted octanol–water partition coefficient (Wildman–Crippen LogP) is 0.521. The van der Waals surface area contributed by atoms with E-state index in [0.717, 1.165) is 16.9 Å². The SMILES string of the molecule is COc1ccc(CC(N)=[NH+]OC(=O)COc2ccccc2C)cc1.